The first-order valence-electron chi connectivity index (χ1n) is 7.07. The third-order valence-electron chi connectivity index (χ3n) is 3.58. The molecule has 6 nitrogen and oxygen atoms in total. The molecule has 0 spiro atoms. The minimum atomic E-state index is 0.342. The third-order valence-corrected chi connectivity index (χ3v) is 3.58. The van der Waals surface area contributed by atoms with Crippen LogP contribution in [-0.4, -0.2) is 48.2 Å². The van der Waals surface area contributed by atoms with Gasteiger partial charge in [-0.2, -0.15) is 0 Å². The number of rotatable bonds is 4. The van der Waals surface area contributed by atoms with Crippen LogP contribution in [-0.2, 0) is 11.3 Å². The first-order valence-corrected chi connectivity index (χ1v) is 7.07. The van der Waals surface area contributed by atoms with Gasteiger partial charge < -0.3 is 19.9 Å². The summed E-state index contributed by atoms with van der Waals surface area (Å²) in [6.07, 6.45) is 2.49. The van der Waals surface area contributed by atoms with Gasteiger partial charge in [0.25, 0.3) is 0 Å². The minimum absolute atomic E-state index is 0.342. The summed E-state index contributed by atoms with van der Waals surface area (Å²) in [5, 5.41) is 3.33. The highest BCUT2D eigenvalue weighted by Gasteiger charge is 2.14. The molecule has 3 heterocycles. The van der Waals surface area contributed by atoms with Crippen molar-refractivity contribution in [2.24, 2.45) is 0 Å². The maximum atomic E-state index is 5.90. The number of nitrogens with one attached hydrogen (secondary N) is 2. The summed E-state index contributed by atoms with van der Waals surface area (Å²) in [7, 11) is 3.95. The number of aromatic nitrogens is 3. The zero-order valence-electron chi connectivity index (χ0n) is 12.0. The first-order chi connectivity index (χ1) is 9.72. The topological polar surface area (TPSA) is 66.1 Å². The van der Waals surface area contributed by atoms with Crippen LogP contribution in [0.2, 0.25) is 0 Å². The SMILES string of the molecule is CN(C)c1ccc2[nH]c(COC3CCNCC3)nc2n1. The van der Waals surface area contributed by atoms with Gasteiger partial charge in [0, 0.05) is 14.1 Å². The smallest absolute Gasteiger partial charge is 0.179 e. The maximum Gasteiger partial charge on any atom is 0.179 e. The molecule has 1 aliphatic rings. The highest BCUT2D eigenvalue weighted by atomic mass is 16.5. The van der Waals surface area contributed by atoms with Crippen molar-refractivity contribution in [2.75, 3.05) is 32.1 Å². The second-order valence-corrected chi connectivity index (χ2v) is 5.38. The molecule has 0 aromatic carbocycles. The normalized spacial score (nSPS) is 16.7. The summed E-state index contributed by atoms with van der Waals surface area (Å²) in [5.74, 6) is 1.76. The van der Waals surface area contributed by atoms with Crippen molar-refractivity contribution in [1.29, 1.82) is 0 Å². The van der Waals surface area contributed by atoms with Gasteiger partial charge in [-0.05, 0) is 38.1 Å². The maximum absolute atomic E-state index is 5.90. The van der Waals surface area contributed by atoms with Crippen LogP contribution >= 0.6 is 0 Å². The van der Waals surface area contributed by atoms with Gasteiger partial charge in [0.15, 0.2) is 5.65 Å². The molecule has 0 bridgehead atoms. The lowest BCUT2D eigenvalue weighted by Gasteiger charge is -2.22. The lowest BCUT2D eigenvalue weighted by Crippen LogP contribution is -2.32. The number of aromatic amines is 1. The predicted octanol–water partition coefficient (Wildman–Crippen LogP) is 1.29. The Hall–Kier alpha value is -1.66. The fourth-order valence-electron chi connectivity index (χ4n) is 2.41. The number of ether oxygens (including phenoxy) is 1. The van der Waals surface area contributed by atoms with Crippen LogP contribution in [0.1, 0.15) is 18.7 Å². The predicted molar refractivity (Wildman–Crippen MR) is 78.9 cm³/mol. The van der Waals surface area contributed by atoms with Crippen molar-refractivity contribution in [3.8, 4) is 0 Å². The fourth-order valence-corrected chi connectivity index (χ4v) is 2.41. The van der Waals surface area contributed by atoms with E-state index in [0.717, 1.165) is 48.7 Å². The summed E-state index contributed by atoms with van der Waals surface area (Å²) in [4.78, 5) is 14.3. The molecule has 2 aromatic rings. The van der Waals surface area contributed by atoms with Crippen LogP contribution in [0.4, 0.5) is 5.82 Å². The second kappa shape index (κ2) is 5.76. The van der Waals surface area contributed by atoms with E-state index in [9.17, 15) is 0 Å². The van der Waals surface area contributed by atoms with E-state index in [1.165, 1.54) is 0 Å². The van der Waals surface area contributed by atoms with Gasteiger partial charge in [-0.1, -0.05) is 0 Å². The lowest BCUT2D eigenvalue weighted by atomic mass is 10.1. The number of piperidine rings is 1. The van der Waals surface area contributed by atoms with E-state index in [-0.39, 0.29) is 0 Å². The van der Waals surface area contributed by atoms with Crippen LogP contribution in [0.3, 0.4) is 0 Å². The van der Waals surface area contributed by atoms with Crippen LogP contribution in [0.5, 0.6) is 0 Å². The van der Waals surface area contributed by atoms with Gasteiger partial charge in [-0.15, -0.1) is 0 Å². The summed E-state index contributed by atoms with van der Waals surface area (Å²) >= 11 is 0. The number of fused-ring (bicyclic) bond motifs is 1. The number of imidazole rings is 1. The Kier molecular flexibility index (Phi) is 3.84. The van der Waals surface area contributed by atoms with Crippen LogP contribution < -0.4 is 10.2 Å². The van der Waals surface area contributed by atoms with Gasteiger partial charge in [-0.3, -0.25) is 0 Å². The average molecular weight is 275 g/mol. The highest BCUT2D eigenvalue weighted by Crippen LogP contribution is 2.16. The molecule has 2 aromatic heterocycles. The molecule has 0 aliphatic carbocycles. The summed E-state index contributed by atoms with van der Waals surface area (Å²) in [5.41, 5.74) is 1.71. The summed E-state index contributed by atoms with van der Waals surface area (Å²) < 4.78 is 5.90. The Balaban J connectivity index is 1.69. The van der Waals surface area contributed by atoms with Crippen molar-refractivity contribution >= 4 is 17.0 Å². The van der Waals surface area contributed by atoms with E-state index in [1.807, 2.05) is 31.1 Å². The lowest BCUT2D eigenvalue weighted by molar-refractivity contribution is 0.0182. The fraction of sp³-hybridized carbons (Fsp3) is 0.571. The van der Waals surface area contributed by atoms with E-state index in [0.29, 0.717) is 12.7 Å². The standard InChI is InChI=1S/C14H21N5O/c1-19(2)13-4-3-11-14(18-13)17-12(16-11)9-20-10-5-7-15-8-6-10/h3-4,10,15H,5-9H2,1-2H3,(H,16,17,18). The van der Waals surface area contributed by atoms with Crippen molar-refractivity contribution in [2.45, 2.75) is 25.6 Å². The molecular formula is C14H21N5O. The van der Waals surface area contributed by atoms with Gasteiger partial charge in [0.05, 0.1) is 11.6 Å². The summed E-state index contributed by atoms with van der Waals surface area (Å²) in [6, 6.07) is 4.00. The van der Waals surface area contributed by atoms with Crippen molar-refractivity contribution in [3.05, 3.63) is 18.0 Å². The Morgan fingerprint density at radius 2 is 2.05 bits per heavy atom. The number of H-pyrrole nitrogens is 1. The van der Waals surface area contributed by atoms with Gasteiger partial charge in [-0.25, -0.2) is 9.97 Å². The second-order valence-electron chi connectivity index (χ2n) is 5.38. The van der Waals surface area contributed by atoms with Crippen LogP contribution in [0.15, 0.2) is 12.1 Å². The van der Waals surface area contributed by atoms with E-state index in [4.69, 9.17) is 4.74 Å². The van der Waals surface area contributed by atoms with Crippen molar-refractivity contribution < 1.29 is 4.74 Å². The number of hydrogen-bond acceptors (Lipinski definition) is 5. The van der Waals surface area contributed by atoms with E-state index in [2.05, 4.69) is 20.3 Å². The molecular weight excluding hydrogens is 254 g/mol. The molecule has 6 heteroatoms. The molecule has 2 N–H and O–H groups in total. The first kappa shape index (κ1) is 13.3. The molecule has 20 heavy (non-hydrogen) atoms. The minimum Gasteiger partial charge on any atom is -0.370 e. The van der Waals surface area contributed by atoms with E-state index >= 15 is 0 Å². The highest BCUT2D eigenvalue weighted by molar-refractivity contribution is 5.73. The Labute approximate surface area is 118 Å². The van der Waals surface area contributed by atoms with Crippen LogP contribution in [0.25, 0.3) is 11.2 Å². The Bertz CT molecular complexity index is 574. The molecule has 0 unspecified atom stereocenters. The quantitative estimate of drug-likeness (QED) is 0.880. The molecule has 3 rings (SSSR count). The number of anilines is 1. The van der Waals surface area contributed by atoms with E-state index < -0.39 is 0 Å². The van der Waals surface area contributed by atoms with Gasteiger partial charge in [0.2, 0.25) is 0 Å². The van der Waals surface area contributed by atoms with Crippen LogP contribution in [0, 0.1) is 0 Å². The average Bonchev–Trinajstić information content (AvgIpc) is 2.88. The molecule has 1 saturated heterocycles. The molecule has 0 radical (unpaired) electrons. The van der Waals surface area contributed by atoms with Crippen molar-refractivity contribution in [3.63, 3.8) is 0 Å². The molecule has 0 saturated carbocycles. The largest absolute Gasteiger partial charge is 0.370 e. The van der Waals surface area contributed by atoms with E-state index in [1.54, 1.807) is 0 Å². The Morgan fingerprint density at radius 1 is 1.25 bits per heavy atom. The molecule has 1 aliphatic heterocycles. The monoisotopic (exact) mass is 275 g/mol. The number of nitrogens with zero attached hydrogens (tertiary/aromatic N) is 3. The Morgan fingerprint density at radius 3 is 2.80 bits per heavy atom. The van der Waals surface area contributed by atoms with Gasteiger partial charge >= 0.3 is 0 Å². The van der Waals surface area contributed by atoms with Gasteiger partial charge in [0.1, 0.15) is 18.2 Å². The zero-order valence-corrected chi connectivity index (χ0v) is 12.0. The van der Waals surface area contributed by atoms with Crippen molar-refractivity contribution in [1.82, 2.24) is 20.3 Å². The third kappa shape index (κ3) is 2.91. The summed E-state index contributed by atoms with van der Waals surface area (Å²) in [6.45, 7) is 2.61. The number of pyridine rings is 1. The molecule has 0 amide bonds. The number of hydrogen-bond donors (Lipinski definition) is 2. The molecule has 108 valence electrons. The molecule has 1 fully saturated rings. The zero-order chi connectivity index (χ0) is 13.9. The molecule has 0 atom stereocenters.